The molecule has 0 fully saturated rings. The number of amides is 1. The molecular formula is C26H27N7O3. The van der Waals surface area contributed by atoms with Crippen molar-refractivity contribution in [2.75, 3.05) is 23.1 Å². The van der Waals surface area contributed by atoms with Crippen LogP contribution in [0.15, 0.2) is 65.7 Å². The maximum atomic E-state index is 12.4. The number of carbonyl (C=O) groups excluding carboxylic acids is 1. The molecule has 2 aromatic carbocycles. The lowest BCUT2D eigenvalue weighted by Crippen LogP contribution is -2.29. The minimum atomic E-state index is -0.320. The van der Waals surface area contributed by atoms with E-state index < -0.39 is 0 Å². The summed E-state index contributed by atoms with van der Waals surface area (Å²) in [5.41, 5.74) is 3.98. The van der Waals surface area contributed by atoms with Crippen LogP contribution in [-0.4, -0.2) is 32.5 Å². The number of methoxy groups -OCH3 is 1. The Bertz CT molecular complexity index is 1430. The number of hydrogen-bond acceptors (Lipinski definition) is 8. The summed E-state index contributed by atoms with van der Waals surface area (Å²) in [6.45, 7) is 5.23. The molecule has 0 radical (unpaired) electrons. The van der Waals surface area contributed by atoms with Gasteiger partial charge in [0.15, 0.2) is 0 Å². The van der Waals surface area contributed by atoms with Crippen molar-refractivity contribution in [2.24, 2.45) is 0 Å². The number of anilines is 5. The van der Waals surface area contributed by atoms with Crippen LogP contribution in [0.2, 0.25) is 0 Å². The second-order valence-corrected chi connectivity index (χ2v) is 8.21. The molecule has 0 atom stereocenters. The first-order valence-corrected chi connectivity index (χ1v) is 11.3. The van der Waals surface area contributed by atoms with Gasteiger partial charge in [-0.1, -0.05) is 0 Å². The van der Waals surface area contributed by atoms with Crippen LogP contribution in [-0.2, 0) is 11.3 Å². The van der Waals surface area contributed by atoms with Crippen LogP contribution in [0.25, 0.3) is 0 Å². The first kappa shape index (κ1) is 24.4. The molecule has 10 nitrogen and oxygen atoms in total. The Labute approximate surface area is 208 Å². The van der Waals surface area contributed by atoms with Gasteiger partial charge in [0.2, 0.25) is 11.9 Å². The normalized spacial score (nSPS) is 10.6. The van der Waals surface area contributed by atoms with E-state index in [1.165, 1.54) is 10.9 Å². The second kappa shape index (κ2) is 10.7. The molecule has 2 aromatic heterocycles. The Balaban J connectivity index is 1.39. The number of benzene rings is 2. The smallest absolute Gasteiger partial charge is 0.256 e. The third kappa shape index (κ3) is 6.03. The molecule has 0 unspecified atom stereocenters. The van der Waals surface area contributed by atoms with E-state index in [2.05, 4.69) is 30.9 Å². The number of aromatic nitrogens is 4. The summed E-state index contributed by atoms with van der Waals surface area (Å²) in [4.78, 5) is 37.8. The first-order valence-electron chi connectivity index (χ1n) is 11.3. The Morgan fingerprint density at radius 1 is 0.917 bits per heavy atom. The molecule has 0 aliphatic heterocycles. The van der Waals surface area contributed by atoms with E-state index in [0.29, 0.717) is 28.7 Å². The van der Waals surface area contributed by atoms with E-state index in [4.69, 9.17) is 4.74 Å². The van der Waals surface area contributed by atoms with Crippen molar-refractivity contribution in [2.45, 2.75) is 27.3 Å². The zero-order valence-corrected chi connectivity index (χ0v) is 20.5. The predicted octanol–water partition coefficient (Wildman–Crippen LogP) is 4.09. The topological polar surface area (TPSA) is 123 Å². The first-order chi connectivity index (χ1) is 17.3. The zero-order valence-electron chi connectivity index (χ0n) is 20.5. The molecule has 36 heavy (non-hydrogen) atoms. The fourth-order valence-corrected chi connectivity index (χ4v) is 3.42. The van der Waals surface area contributed by atoms with Gasteiger partial charge in [0.1, 0.15) is 18.1 Å². The Kier molecular flexibility index (Phi) is 7.24. The zero-order chi connectivity index (χ0) is 25.7. The van der Waals surface area contributed by atoms with Gasteiger partial charge in [-0.05, 0) is 69.3 Å². The van der Waals surface area contributed by atoms with Crippen LogP contribution < -0.4 is 26.2 Å². The van der Waals surface area contributed by atoms with Crippen molar-refractivity contribution in [3.05, 3.63) is 88.2 Å². The van der Waals surface area contributed by atoms with Crippen molar-refractivity contribution in [3.63, 3.8) is 0 Å². The van der Waals surface area contributed by atoms with Crippen molar-refractivity contribution in [1.82, 2.24) is 19.5 Å². The highest BCUT2D eigenvalue weighted by Gasteiger charge is 2.09. The third-order valence-corrected chi connectivity index (χ3v) is 5.47. The summed E-state index contributed by atoms with van der Waals surface area (Å²) in [5, 5.41) is 9.23. The molecule has 0 saturated heterocycles. The van der Waals surface area contributed by atoms with Gasteiger partial charge in [-0.25, -0.2) is 9.97 Å². The van der Waals surface area contributed by atoms with E-state index in [-0.39, 0.29) is 18.0 Å². The van der Waals surface area contributed by atoms with Crippen LogP contribution in [0.1, 0.15) is 17.0 Å². The molecule has 0 bridgehead atoms. The molecule has 1 amide bonds. The van der Waals surface area contributed by atoms with Crippen LogP contribution in [0.3, 0.4) is 0 Å². The minimum absolute atomic E-state index is 0.117. The van der Waals surface area contributed by atoms with Crippen molar-refractivity contribution >= 4 is 34.7 Å². The van der Waals surface area contributed by atoms with Gasteiger partial charge < -0.3 is 20.7 Å². The summed E-state index contributed by atoms with van der Waals surface area (Å²) < 4.78 is 6.48. The standard InChI is InChI=1S/C26H27N7O3/c1-16-13-23(29-19-9-11-22(36-4)12-10-19)32-26(28-16)31-21-7-5-20(6-8-21)30-24(34)14-33-15-27-18(3)17(2)25(33)35/h5-13,15H,14H2,1-4H3,(H,30,34)(H2,28,29,31,32). The van der Waals surface area contributed by atoms with Gasteiger partial charge in [-0.15, -0.1) is 0 Å². The van der Waals surface area contributed by atoms with Crippen LogP contribution in [0.4, 0.5) is 28.8 Å². The maximum absolute atomic E-state index is 12.4. The number of carbonyl (C=O) groups is 1. The monoisotopic (exact) mass is 485 g/mol. The Hall–Kier alpha value is -4.73. The molecule has 4 rings (SSSR count). The average molecular weight is 486 g/mol. The van der Waals surface area contributed by atoms with Gasteiger partial charge in [0.05, 0.1) is 13.4 Å². The number of aryl methyl sites for hydroxylation is 2. The fraction of sp³-hybridized carbons (Fsp3) is 0.192. The third-order valence-electron chi connectivity index (χ3n) is 5.47. The highest BCUT2D eigenvalue weighted by Crippen LogP contribution is 2.22. The van der Waals surface area contributed by atoms with Gasteiger partial charge in [0.25, 0.3) is 5.56 Å². The van der Waals surface area contributed by atoms with E-state index in [1.807, 2.05) is 49.4 Å². The van der Waals surface area contributed by atoms with Gasteiger partial charge in [0, 0.05) is 40.1 Å². The number of nitrogens with one attached hydrogen (secondary N) is 3. The van der Waals surface area contributed by atoms with Crippen LogP contribution in [0.5, 0.6) is 5.75 Å². The summed E-state index contributed by atoms with van der Waals surface area (Å²) >= 11 is 0. The van der Waals surface area contributed by atoms with Crippen molar-refractivity contribution < 1.29 is 9.53 Å². The molecule has 4 aromatic rings. The minimum Gasteiger partial charge on any atom is -0.497 e. The van der Waals surface area contributed by atoms with Crippen LogP contribution in [0, 0.1) is 20.8 Å². The molecule has 184 valence electrons. The lowest BCUT2D eigenvalue weighted by Gasteiger charge is -2.11. The maximum Gasteiger partial charge on any atom is 0.256 e. The molecular weight excluding hydrogens is 458 g/mol. The van der Waals surface area contributed by atoms with E-state index in [0.717, 1.165) is 22.8 Å². The quantitative estimate of drug-likeness (QED) is 0.341. The second-order valence-electron chi connectivity index (χ2n) is 8.21. The number of hydrogen-bond donors (Lipinski definition) is 3. The summed E-state index contributed by atoms with van der Waals surface area (Å²) in [5.74, 6) is 1.54. The molecule has 0 aliphatic rings. The average Bonchev–Trinajstić information content (AvgIpc) is 2.86. The highest BCUT2D eigenvalue weighted by molar-refractivity contribution is 5.90. The molecule has 0 aliphatic carbocycles. The fourth-order valence-electron chi connectivity index (χ4n) is 3.42. The highest BCUT2D eigenvalue weighted by atomic mass is 16.5. The Morgan fingerprint density at radius 3 is 2.25 bits per heavy atom. The van der Waals surface area contributed by atoms with E-state index in [9.17, 15) is 9.59 Å². The Morgan fingerprint density at radius 2 is 1.56 bits per heavy atom. The van der Waals surface area contributed by atoms with Crippen molar-refractivity contribution in [3.8, 4) is 5.75 Å². The number of nitrogens with zero attached hydrogens (tertiary/aromatic N) is 4. The van der Waals surface area contributed by atoms with Gasteiger partial charge >= 0.3 is 0 Å². The number of rotatable bonds is 8. The lowest BCUT2D eigenvalue weighted by atomic mass is 10.2. The molecule has 10 heteroatoms. The SMILES string of the molecule is COc1ccc(Nc2cc(C)nc(Nc3ccc(NC(=O)Cn4cnc(C)c(C)c4=O)cc3)n2)cc1. The molecule has 0 saturated carbocycles. The van der Waals surface area contributed by atoms with Crippen LogP contribution >= 0.6 is 0 Å². The molecule has 0 spiro atoms. The number of ether oxygens (including phenoxy) is 1. The summed E-state index contributed by atoms with van der Waals surface area (Å²) in [6.07, 6.45) is 1.39. The molecule has 3 N–H and O–H groups in total. The van der Waals surface area contributed by atoms with Gasteiger partial charge in [-0.2, -0.15) is 4.98 Å². The lowest BCUT2D eigenvalue weighted by molar-refractivity contribution is -0.116. The largest absolute Gasteiger partial charge is 0.497 e. The van der Waals surface area contributed by atoms with Gasteiger partial charge in [-0.3, -0.25) is 14.2 Å². The predicted molar refractivity (Wildman–Crippen MR) is 139 cm³/mol. The summed E-state index contributed by atoms with van der Waals surface area (Å²) in [7, 11) is 1.63. The van der Waals surface area contributed by atoms with E-state index in [1.54, 1.807) is 33.1 Å². The van der Waals surface area contributed by atoms with Crippen molar-refractivity contribution in [1.29, 1.82) is 0 Å². The van der Waals surface area contributed by atoms with E-state index >= 15 is 0 Å². The molecule has 2 heterocycles. The summed E-state index contributed by atoms with van der Waals surface area (Å²) in [6, 6.07) is 16.5.